The molecule has 3 N–H and O–H groups in total. The first kappa shape index (κ1) is 17.3. The van der Waals surface area contributed by atoms with Gasteiger partial charge in [-0.3, -0.25) is 4.90 Å². The first-order valence-corrected chi connectivity index (χ1v) is 8.08. The van der Waals surface area contributed by atoms with Crippen LogP contribution in [0.15, 0.2) is 12.1 Å². The summed E-state index contributed by atoms with van der Waals surface area (Å²) >= 11 is 6.18. The molecule has 0 aromatic heterocycles. The zero-order chi connectivity index (χ0) is 16.1. The van der Waals surface area contributed by atoms with Gasteiger partial charge in [-0.15, -0.1) is 0 Å². The summed E-state index contributed by atoms with van der Waals surface area (Å²) in [4.78, 5) is 2.16. The number of hydrogen-bond acceptors (Lipinski definition) is 5. The number of aliphatic hydroxyl groups excluding tert-OH is 1. The number of halogens is 1. The lowest BCUT2D eigenvalue weighted by Crippen LogP contribution is -2.50. The topological polar surface area (TPSA) is 68.0 Å². The van der Waals surface area contributed by atoms with Gasteiger partial charge >= 0.3 is 0 Å². The number of nitrogens with two attached hydrogens (primary N) is 1. The average Bonchev–Trinajstić information content (AvgIpc) is 2.49. The number of piperidine rings is 1. The van der Waals surface area contributed by atoms with E-state index in [9.17, 15) is 5.11 Å². The van der Waals surface area contributed by atoms with Crippen LogP contribution in [0.5, 0.6) is 11.5 Å². The monoisotopic (exact) mass is 328 g/mol. The van der Waals surface area contributed by atoms with E-state index in [1.165, 1.54) is 0 Å². The highest BCUT2D eigenvalue weighted by Crippen LogP contribution is 2.36. The Morgan fingerprint density at radius 2 is 2.23 bits per heavy atom. The number of methoxy groups -OCH3 is 1. The summed E-state index contributed by atoms with van der Waals surface area (Å²) < 4.78 is 11.2. The van der Waals surface area contributed by atoms with Crippen molar-refractivity contribution >= 4 is 11.6 Å². The van der Waals surface area contributed by atoms with Crippen LogP contribution in [0.2, 0.25) is 5.02 Å². The maximum atomic E-state index is 9.94. The number of ether oxygens (including phenoxy) is 2. The highest BCUT2D eigenvalue weighted by atomic mass is 35.5. The summed E-state index contributed by atoms with van der Waals surface area (Å²) in [5.74, 6) is 1.38. The molecule has 0 radical (unpaired) electrons. The van der Waals surface area contributed by atoms with Gasteiger partial charge < -0.3 is 20.3 Å². The van der Waals surface area contributed by atoms with E-state index in [0.717, 1.165) is 30.7 Å². The summed E-state index contributed by atoms with van der Waals surface area (Å²) in [6.07, 6.45) is 1.21. The van der Waals surface area contributed by atoms with Crippen molar-refractivity contribution in [2.75, 3.05) is 26.8 Å². The molecule has 6 heteroatoms. The minimum atomic E-state index is -0.491. The molecule has 2 atom stereocenters. The Morgan fingerprint density at radius 1 is 1.45 bits per heavy atom. The third-order valence-electron chi connectivity index (χ3n) is 3.88. The van der Waals surface area contributed by atoms with Crippen molar-refractivity contribution in [1.29, 1.82) is 0 Å². The number of rotatable bonds is 6. The summed E-state index contributed by atoms with van der Waals surface area (Å²) in [7, 11) is 1.61. The molecule has 124 valence electrons. The first-order chi connectivity index (χ1) is 10.5. The molecular weight excluding hydrogens is 304 g/mol. The zero-order valence-corrected chi connectivity index (χ0v) is 14.0. The van der Waals surface area contributed by atoms with E-state index in [2.05, 4.69) is 11.8 Å². The van der Waals surface area contributed by atoms with Crippen LogP contribution in [0.25, 0.3) is 0 Å². The maximum Gasteiger partial charge on any atom is 0.165 e. The molecule has 0 aliphatic carbocycles. The molecule has 1 aromatic carbocycles. The van der Waals surface area contributed by atoms with Crippen molar-refractivity contribution in [1.82, 2.24) is 4.90 Å². The van der Waals surface area contributed by atoms with Crippen LogP contribution in [0.3, 0.4) is 0 Å². The van der Waals surface area contributed by atoms with Gasteiger partial charge in [0.25, 0.3) is 0 Å². The molecule has 0 saturated carbocycles. The van der Waals surface area contributed by atoms with Crippen LogP contribution in [0.1, 0.15) is 25.3 Å². The predicted molar refractivity (Wildman–Crippen MR) is 87.7 cm³/mol. The number of likely N-dealkylation sites (tertiary alicyclic amines) is 1. The Morgan fingerprint density at radius 3 is 2.86 bits per heavy atom. The Balaban J connectivity index is 2.19. The second-order valence-electron chi connectivity index (χ2n) is 5.70. The van der Waals surface area contributed by atoms with E-state index in [-0.39, 0.29) is 6.04 Å². The second kappa shape index (κ2) is 8.02. The minimum absolute atomic E-state index is 0.138. The van der Waals surface area contributed by atoms with Gasteiger partial charge in [0, 0.05) is 42.3 Å². The SMILES string of the molecule is CCCOc1c(CN2CC[C@@H](N)[C@H](O)C2)cc(Cl)cc1OC. The highest BCUT2D eigenvalue weighted by molar-refractivity contribution is 6.30. The fraction of sp³-hybridized carbons (Fsp3) is 0.625. The molecule has 0 amide bonds. The zero-order valence-electron chi connectivity index (χ0n) is 13.2. The third kappa shape index (κ3) is 4.26. The largest absolute Gasteiger partial charge is 0.493 e. The molecule has 1 heterocycles. The van der Waals surface area contributed by atoms with Gasteiger partial charge in [-0.05, 0) is 18.9 Å². The van der Waals surface area contributed by atoms with Crippen molar-refractivity contribution < 1.29 is 14.6 Å². The lowest BCUT2D eigenvalue weighted by molar-refractivity contribution is 0.0494. The van der Waals surface area contributed by atoms with Crippen molar-refractivity contribution in [3.05, 3.63) is 22.7 Å². The van der Waals surface area contributed by atoms with Crippen molar-refractivity contribution in [3.63, 3.8) is 0 Å². The summed E-state index contributed by atoms with van der Waals surface area (Å²) in [6, 6.07) is 3.52. The number of hydrogen-bond donors (Lipinski definition) is 2. The van der Waals surface area contributed by atoms with E-state index in [1.807, 2.05) is 6.07 Å². The smallest absolute Gasteiger partial charge is 0.165 e. The predicted octanol–water partition coefficient (Wildman–Crippen LogP) is 2.03. The Bertz CT molecular complexity index is 499. The maximum absolute atomic E-state index is 9.94. The Labute approximate surface area is 136 Å². The van der Waals surface area contributed by atoms with E-state index in [1.54, 1.807) is 13.2 Å². The lowest BCUT2D eigenvalue weighted by atomic mass is 10.0. The van der Waals surface area contributed by atoms with Crippen LogP contribution in [0, 0.1) is 0 Å². The molecule has 1 saturated heterocycles. The standard InChI is InChI=1S/C16H25ClN2O3/c1-3-6-22-16-11(7-12(17)8-15(16)21-2)9-19-5-4-13(18)14(20)10-19/h7-8,13-14,20H,3-6,9-10,18H2,1-2H3/t13-,14-/m1/s1. The number of aliphatic hydroxyl groups is 1. The van der Waals surface area contributed by atoms with Gasteiger partial charge in [0.15, 0.2) is 11.5 Å². The minimum Gasteiger partial charge on any atom is -0.493 e. The van der Waals surface area contributed by atoms with Gasteiger partial charge in [-0.25, -0.2) is 0 Å². The van der Waals surface area contributed by atoms with E-state index in [0.29, 0.717) is 30.5 Å². The molecular formula is C16H25ClN2O3. The van der Waals surface area contributed by atoms with Crippen LogP contribution < -0.4 is 15.2 Å². The van der Waals surface area contributed by atoms with Gasteiger partial charge in [0.05, 0.1) is 19.8 Å². The molecule has 0 spiro atoms. The van der Waals surface area contributed by atoms with E-state index < -0.39 is 6.10 Å². The molecule has 1 fully saturated rings. The van der Waals surface area contributed by atoms with Crippen LogP contribution >= 0.6 is 11.6 Å². The lowest BCUT2D eigenvalue weighted by Gasteiger charge is -2.34. The molecule has 0 bridgehead atoms. The fourth-order valence-corrected chi connectivity index (χ4v) is 2.89. The van der Waals surface area contributed by atoms with Gasteiger partial charge in [0.2, 0.25) is 0 Å². The Hall–Kier alpha value is -1.01. The number of nitrogens with zero attached hydrogens (tertiary/aromatic N) is 1. The van der Waals surface area contributed by atoms with Gasteiger partial charge in [0.1, 0.15) is 0 Å². The summed E-state index contributed by atoms with van der Waals surface area (Å²) in [6.45, 7) is 4.74. The van der Waals surface area contributed by atoms with Crippen LogP contribution in [0.4, 0.5) is 0 Å². The summed E-state index contributed by atoms with van der Waals surface area (Å²) in [5.41, 5.74) is 6.83. The molecule has 1 aromatic rings. The average molecular weight is 329 g/mol. The number of β-amino-alcohol motifs (C(OH)–C–C–N with tert-alkyl or cyclic N) is 1. The van der Waals surface area contributed by atoms with E-state index in [4.69, 9.17) is 26.8 Å². The number of benzene rings is 1. The van der Waals surface area contributed by atoms with Gasteiger partial charge in [-0.1, -0.05) is 18.5 Å². The normalized spacial score (nSPS) is 22.6. The molecule has 1 aliphatic heterocycles. The summed E-state index contributed by atoms with van der Waals surface area (Å²) in [5, 5.41) is 10.6. The molecule has 0 unspecified atom stereocenters. The molecule has 2 rings (SSSR count). The van der Waals surface area contributed by atoms with Crippen molar-refractivity contribution in [2.24, 2.45) is 5.73 Å². The van der Waals surface area contributed by atoms with Crippen molar-refractivity contribution in [3.8, 4) is 11.5 Å². The fourth-order valence-electron chi connectivity index (χ4n) is 2.66. The van der Waals surface area contributed by atoms with Gasteiger partial charge in [-0.2, -0.15) is 0 Å². The third-order valence-corrected chi connectivity index (χ3v) is 4.10. The van der Waals surface area contributed by atoms with Crippen LogP contribution in [-0.4, -0.2) is 49.0 Å². The highest BCUT2D eigenvalue weighted by Gasteiger charge is 2.26. The van der Waals surface area contributed by atoms with E-state index >= 15 is 0 Å². The second-order valence-corrected chi connectivity index (χ2v) is 6.14. The molecule has 22 heavy (non-hydrogen) atoms. The van der Waals surface area contributed by atoms with Crippen LogP contribution in [-0.2, 0) is 6.54 Å². The molecule has 5 nitrogen and oxygen atoms in total. The Kier molecular flexibility index (Phi) is 6.32. The van der Waals surface area contributed by atoms with Crippen molar-refractivity contribution in [2.45, 2.75) is 38.5 Å². The quantitative estimate of drug-likeness (QED) is 0.836. The first-order valence-electron chi connectivity index (χ1n) is 7.70. The molecule has 1 aliphatic rings.